The van der Waals surface area contributed by atoms with Crippen LogP contribution in [-0.4, -0.2) is 38.3 Å². The molecule has 0 saturated carbocycles. The maximum Gasteiger partial charge on any atom is 0.260 e. The van der Waals surface area contributed by atoms with Crippen molar-refractivity contribution in [2.75, 3.05) is 18.0 Å². The molecule has 7 nitrogen and oxygen atoms in total. The van der Waals surface area contributed by atoms with Crippen LogP contribution in [0.5, 0.6) is 0 Å². The Kier molecular flexibility index (Phi) is 4.35. The molecule has 0 atom stereocenters. The lowest BCUT2D eigenvalue weighted by Crippen LogP contribution is -2.30. The van der Waals surface area contributed by atoms with Crippen molar-refractivity contribution in [3.05, 3.63) is 70.8 Å². The van der Waals surface area contributed by atoms with Gasteiger partial charge in [-0.1, -0.05) is 0 Å². The van der Waals surface area contributed by atoms with Gasteiger partial charge in [-0.15, -0.1) is 0 Å². The molecule has 0 aliphatic carbocycles. The highest BCUT2D eigenvalue weighted by Crippen LogP contribution is 2.26. The zero-order chi connectivity index (χ0) is 19.8. The maximum atomic E-state index is 13.1. The minimum absolute atomic E-state index is 0.0699. The second kappa shape index (κ2) is 7.16. The third-order valence-electron chi connectivity index (χ3n) is 5.57. The molecule has 0 unspecified atom stereocenters. The van der Waals surface area contributed by atoms with Crippen LogP contribution in [0.1, 0.15) is 35.3 Å². The number of aldehydes is 1. The quantitative estimate of drug-likeness (QED) is 0.504. The highest BCUT2D eigenvalue weighted by atomic mass is 16.1. The van der Waals surface area contributed by atoms with Crippen LogP contribution in [0.3, 0.4) is 0 Å². The summed E-state index contributed by atoms with van der Waals surface area (Å²) in [6, 6.07) is 5.53. The lowest BCUT2D eigenvalue weighted by atomic mass is 10.1. The predicted molar refractivity (Wildman–Crippen MR) is 112 cm³/mol. The summed E-state index contributed by atoms with van der Waals surface area (Å²) in [5, 5.41) is 1.58. The summed E-state index contributed by atoms with van der Waals surface area (Å²) in [4.78, 5) is 35.3. The Hall–Kier alpha value is -3.48. The fraction of sp³-hybridized carbons (Fsp3) is 0.273. The van der Waals surface area contributed by atoms with E-state index in [1.807, 2.05) is 24.7 Å². The summed E-state index contributed by atoms with van der Waals surface area (Å²) < 4.78 is 3.47. The van der Waals surface area contributed by atoms with Crippen LogP contribution >= 0.6 is 0 Å². The van der Waals surface area contributed by atoms with Crippen LogP contribution in [0.15, 0.2) is 54.0 Å². The average molecular weight is 387 g/mol. The molecule has 0 bridgehead atoms. The van der Waals surface area contributed by atoms with Gasteiger partial charge in [0, 0.05) is 48.8 Å². The lowest BCUT2D eigenvalue weighted by molar-refractivity contribution is 0.112. The van der Waals surface area contributed by atoms with Crippen molar-refractivity contribution in [1.29, 1.82) is 0 Å². The minimum Gasteiger partial charge on any atom is -0.370 e. The number of imidazole rings is 1. The predicted octanol–water partition coefficient (Wildman–Crippen LogP) is 2.90. The van der Waals surface area contributed by atoms with Crippen LogP contribution in [0.2, 0.25) is 0 Å². The van der Waals surface area contributed by atoms with E-state index >= 15 is 0 Å². The van der Waals surface area contributed by atoms with E-state index in [1.54, 1.807) is 33.5 Å². The van der Waals surface area contributed by atoms with Crippen LogP contribution in [0.4, 0.5) is 5.69 Å². The van der Waals surface area contributed by atoms with Crippen molar-refractivity contribution in [2.24, 2.45) is 0 Å². The molecule has 0 radical (unpaired) electrons. The summed E-state index contributed by atoms with van der Waals surface area (Å²) in [5.41, 5.74) is 3.06. The molecular formula is C22H21N5O2. The molecule has 1 aliphatic rings. The lowest BCUT2D eigenvalue weighted by Gasteiger charge is -2.29. The van der Waals surface area contributed by atoms with Crippen molar-refractivity contribution in [3.63, 3.8) is 0 Å². The first-order valence-corrected chi connectivity index (χ1v) is 9.88. The van der Waals surface area contributed by atoms with Crippen molar-refractivity contribution >= 4 is 28.4 Å². The number of anilines is 1. The summed E-state index contributed by atoms with van der Waals surface area (Å²) in [6.45, 7) is 2.38. The number of rotatable bonds is 4. The Morgan fingerprint density at radius 2 is 1.86 bits per heavy atom. The fourth-order valence-corrected chi connectivity index (χ4v) is 4.09. The van der Waals surface area contributed by atoms with Gasteiger partial charge in [0.15, 0.2) is 6.29 Å². The summed E-state index contributed by atoms with van der Waals surface area (Å²) in [7, 11) is 0. The highest BCUT2D eigenvalue weighted by molar-refractivity contribution is 5.92. The third kappa shape index (κ3) is 3.18. The van der Waals surface area contributed by atoms with Crippen molar-refractivity contribution in [2.45, 2.75) is 25.8 Å². The number of hydrogen-bond donors (Lipinski definition) is 0. The Balaban J connectivity index is 1.52. The van der Waals surface area contributed by atoms with Gasteiger partial charge in [-0.2, -0.15) is 0 Å². The summed E-state index contributed by atoms with van der Waals surface area (Å²) in [5.74, 6) is 0. The molecule has 0 N–H and O–H groups in total. The van der Waals surface area contributed by atoms with E-state index in [2.05, 4.69) is 14.9 Å². The zero-order valence-corrected chi connectivity index (χ0v) is 16.0. The maximum absolute atomic E-state index is 13.1. The SMILES string of the molecule is O=Cc1ccc2nc(Cn3ccc4c(N5CCCCC5)cncc4c3=O)cn2c1. The first kappa shape index (κ1) is 17.6. The number of hydrogen-bond acceptors (Lipinski definition) is 5. The van der Waals surface area contributed by atoms with E-state index in [4.69, 9.17) is 0 Å². The second-order valence-electron chi connectivity index (χ2n) is 7.49. The Labute approximate surface area is 167 Å². The number of carbonyl (C=O) groups excluding carboxylic acids is 1. The van der Waals surface area contributed by atoms with E-state index < -0.39 is 0 Å². The molecule has 0 spiro atoms. The molecule has 29 heavy (non-hydrogen) atoms. The first-order chi connectivity index (χ1) is 14.2. The van der Waals surface area contributed by atoms with Gasteiger partial charge >= 0.3 is 0 Å². The third-order valence-corrected chi connectivity index (χ3v) is 5.57. The molecule has 1 fully saturated rings. The summed E-state index contributed by atoms with van der Waals surface area (Å²) in [6.07, 6.45) is 13.3. The molecule has 7 heteroatoms. The highest BCUT2D eigenvalue weighted by Gasteiger charge is 2.16. The van der Waals surface area contributed by atoms with E-state index in [9.17, 15) is 9.59 Å². The number of fused-ring (bicyclic) bond motifs is 2. The van der Waals surface area contributed by atoms with Crippen LogP contribution < -0.4 is 10.5 Å². The van der Waals surface area contributed by atoms with E-state index in [-0.39, 0.29) is 5.56 Å². The molecule has 146 valence electrons. The van der Waals surface area contributed by atoms with E-state index in [0.29, 0.717) is 17.5 Å². The normalized spacial score (nSPS) is 14.6. The van der Waals surface area contributed by atoms with Crippen molar-refractivity contribution < 1.29 is 4.79 Å². The molecular weight excluding hydrogens is 366 g/mol. The van der Waals surface area contributed by atoms with Gasteiger partial charge in [0.2, 0.25) is 0 Å². The Bertz CT molecular complexity index is 1270. The topological polar surface area (TPSA) is 72.5 Å². The molecule has 0 amide bonds. The van der Waals surface area contributed by atoms with Gasteiger partial charge in [-0.05, 0) is 37.5 Å². The van der Waals surface area contributed by atoms with Crippen LogP contribution in [0, 0.1) is 0 Å². The van der Waals surface area contributed by atoms with Gasteiger partial charge < -0.3 is 13.9 Å². The molecule has 4 aromatic rings. The zero-order valence-electron chi connectivity index (χ0n) is 16.0. The van der Waals surface area contributed by atoms with E-state index in [0.717, 1.165) is 41.8 Å². The van der Waals surface area contributed by atoms with Gasteiger partial charge in [0.25, 0.3) is 5.56 Å². The van der Waals surface area contributed by atoms with Crippen molar-refractivity contribution in [1.82, 2.24) is 18.9 Å². The van der Waals surface area contributed by atoms with Gasteiger partial charge in [-0.25, -0.2) is 4.98 Å². The largest absolute Gasteiger partial charge is 0.370 e. The Morgan fingerprint density at radius 3 is 2.69 bits per heavy atom. The smallest absolute Gasteiger partial charge is 0.260 e. The molecule has 5 rings (SSSR count). The Morgan fingerprint density at radius 1 is 1.00 bits per heavy atom. The first-order valence-electron chi connectivity index (χ1n) is 9.88. The van der Waals surface area contributed by atoms with Gasteiger partial charge in [-0.3, -0.25) is 14.6 Å². The van der Waals surface area contributed by atoms with Gasteiger partial charge in [0.05, 0.1) is 29.5 Å². The average Bonchev–Trinajstić information content (AvgIpc) is 3.17. The van der Waals surface area contributed by atoms with Crippen LogP contribution in [-0.2, 0) is 6.54 Å². The second-order valence-corrected chi connectivity index (χ2v) is 7.49. The molecule has 4 aromatic heterocycles. The number of piperidine rings is 1. The number of carbonyl (C=O) groups is 1. The molecule has 5 heterocycles. The molecule has 0 aromatic carbocycles. The number of pyridine rings is 3. The van der Waals surface area contributed by atoms with Gasteiger partial charge in [0.1, 0.15) is 5.65 Å². The number of aromatic nitrogens is 4. The molecule has 1 saturated heterocycles. The number of nitrogens with zero attached hydrogens (tertiary/aromatic N) is 5. The molecule has 1 aliphatic heterocycles. The standard InChI is InChI=1S/C22H21N5O2/c28-15-16-4-5-21-24-17(14-27(21)12-16)13-26-9-6-18-19(22(26)29)10-23-11-20(18)25-7-2-1-3-8-25/h4-6,9-12,14-15H,1-3,7-8,13H2. The van der Waals surface area contributed by atoms with Crippen molar-refractivity contribution in [3.8, 4) is 0 Å². The minimum atomic E-state index is -0.0699. The summed E-state index contributed by atoms with van der Waals surface area (Å²) >= 11 is 0. The van der Waals surface area contributed by atoms with Crippen LogP contribution in [0.25, 0.3) is 16.4 Å². The monoisotopic (exact) mass is 387 g/mol. The van der Waals surface area contributed by atoms with E-state index in [1.165, 1.54) is 19.3 Å². The fourth-order valence-electron chi connectivity index (χ4n) is 4.09.